The van der Waals surface area contributed by atoms with Gasteiger partial charge < -0.3 is 5.32 Å². The van der Waals surface area contributed by atoms with Crippen LogP contribution in [0.3, 0.4) is 0 Å². The van der Waals surface area contributed by atoms with Gasteiger partial charge in [0.15, 0.2) is 5.82 Å². The highest BCUT2D eigenvalue weighted by Crippen LogP contribution is 2.61. The predicted molar refractivity (Wildman–Crippen MR) is 81.8 cm³/mol. The van der Waals surface area contributed by atoms with E-state index in [0.29, 0.717) is 17.7 Å². The van der Waals surface area contributed by atoms with Crippen molar-refractivity contribution in [1.82, 2.24) is 10.2 Å². The molecule has 5 rings (SSSR count). The molecule has 4 bridgehead atoms. The Morgan fingerprint density at radius 3 is 2.43 bits per heavy atom. The fraction of sp³-hybridized carbons (Fsp3) is 0.765. The molecule has 4 saturated carbocycles. The normalized spacial score (nSPS) is 36.9. The highest BCUT2D eigenvalue weighted by molar-refractivity contribution is 5.90. The van der Waals surface area contributed by atoms with E-state index in [1.807, 2.05) is 6.07 Å². The topological polar surface area (TPSA) is 57.8 Å². The number of carbonyl (C=O) groups excluding carboxylic acids is 1. The van der Waals surface area contributed by atoms with Gasteiger partial charge in [-0.25, -0.2) is 0 Å². The molecule has 4 nitrogen and oxygen atoms in total. The molecular weight excluding hydrogens is 262 g/mol. The number of nitrogens with zero attached hydrogens (tertiary/aromatic N) is 1. The van der Waals surface area contributed by atoms with Crippen molar-refractivity contribution < 1.29 is 4.79 Å². The molecule has 1 amide bonds. The van der Waals surface area contributed by atoms with Crippen molar-refractivity contribution in [3.63, 3.8) is 0 Å². The Morgan fingerprint density at radius 2 is 1.90 bits per heavy atom. The van der Waals surface area contributed by atoms with Gasteiger partial charge in [-0.15, -0.1) is 0 Å². The van der Waals surface area contributed by atoms with E-state index in [0.717, 1.165) is 29.9 Å². The fourth-order valence-electron chi connectivity index (χ4n) is 5.64. The summed E-state index contributed by atoms with van der Waals surface area (Å²) >= 11 is 0. The van der Waals surface area contributed by atoms with Crippen molar-refractivity contribution in [1.29, 1.82) is 0 Å². The van der Waals surface area contributed by atoms with Crippen LogP contribution in [0.25, 0.3) is 0 Å². The summed E-state index contributed by atoms with van der Waals surface area (Å²) < 4.78 is 0. The van der Waals surface area contributed by atoms with Gasteiger partial charge in [-0.3, -0.25) is 9.89 Å². The third-order valence-corrected chi connectivity index (χ3v) is 5.98. The third-order valence-electron chi connectivity index (χ3n) is 5.98. The second kappa shape index (κ2) is 4.85. The van der Waals surface area contributed by atoms with Gasteiger partial charge >= 0.3 is 0 Å². The highest BCUT2D eigenvalue weighted by Gasteiger charge is 2.51. The zero-order valence-corrected chi connectivity index (χ0v) is 12.8. The molecule has 1 aromatic rings. The summed E-state index contributed by atoms with van der Waals surface area (Å²) in [6, 6.07) is 1.94. The van der Waals surface area contributed by atoms with Gasteiger partial charge in [-0.2, -0.15) is 5.10 Å². The Labute approximate surface area is 126 Å². The van der Waals surface area contributed by atoms with Gasteiger partial charge in [0, 0.05) is 18.2 Å². The molecule has 0 unspecified atom stereocenters. The number of carbonyl (C=O) groups is 1. The van der Waals surface area contributed by atoms with Crippen molar-refractivity contribution >= 4 is 11.7 Å². The van der Waals surface area contributed by atoms with Crippen LogP contribution in [0.4, 0.5) is 5.82 Å². The van der Waals surface area contributed by atoms with Crippen LogP contribution in [0.5, 0.6) is 0 Å². The first-order valence-corrected chi connectivity index (χ1v) is 8.48. The smallest absolute Gasteiger partial charge is 0.226 e. The third kappa shape index (κ3) is 2.49. The molecule has 4 aliphatic rings. The quantitative estimate of drug-likeness (QED) is 0.890. The Kier molecular flexibility index (Phi) is 3.09. The average molecular weight is 287 g/mol. The van der Waals surface area contributed by atoms with E-state index >= 15 is 0 Å². The van der Waals surface area contributed by atoms with Crippen LogP contribution in [0.2, 0.25) is 0 Å². The number of anilines is 1. The molecule has 114 valence electrons. The summed E-state index contributed by atoms with van der Waals surface area (Å²) in [6.45, 7) is 2.08. The summed E-state index contributed by atoms with van der Waals surface area (Å²) in [7, 11) is 0. The van der Waals surface area contributed by atoms with Gasteiger partial charge in [0.25, 0.3) is 0 Å². The molecule has 0 aliphatic heterocycles. The summed E-state index contributed by atoms with van der Waals surface area (Å²) in [5, 5.41) is 10.1. The molecule has 4 aliphatic carbocycles. The lowest BCUT2D eigenvalue weighted by Gasteiger charge is -2.56. The van der Waals surface area contributed by atoms with E-state index < -0.39 is 0 Å². The molecule has 4 fully saturated rings. The van der Waals surface area contributed by atoms with Crippen LogP contribution in [-0.2, 0) is 11.2 Å². The minimum atomic E-state index is 0.158. The van der Waals surface area contributed by atoms with E-state index in [1.165, 1.54) is 38.5 Å². The molecule has 0 saturated heterocycles. The first-order chi connectivity index (χ1) is 10.1. The number of aryl methyl sites for hydroxylation is 1. The second-order valence-corrected chi connectivity index (χ2v) is 7.77. The Morgan fingerprint density at radius 1 is 1.29 bits per heavy atom. The van der Waals surface area contributed by atoms with Crippen molar-refractivity contribution in [2.24, 2.45) is 23.2 Å². The van der Waals surface area contributed by atoms with Crippen molar-refractivity contribution in [2.45, 2.75) is 58.3 Å². The lowest BCUT2D eigenvalue weighted by molar-refractivity contribution is -0.124. The molecule has 0 spiro atoms. The Balaban J connectivity index is 1.42. The number of aromatic nitrogens is 2. The van der Waals surface area contributed by atoms with Gasteiger partial charge in [-0.1, -0.05) is 6.92 Å². The average Bonchev–Trinajstić information content (AvgIpc) is 2.83. The minimum absolute atomic E-state index is 0.158. The molecule has 1 aromatic heterocycles. The molecule has 4 heteroatoms. The molecule has 1 heterocycles. The van der Waals surface area contributed by atoms with E-state index in [4.69, 9.17) is 0 Å². The number of aromatic amines is 1. The van der Waals surface area contributed by atoms with Crippen LogP contribution < -0.4 is 5.32 Å². The predicted octanol–water partition coefficient (Wildman–Crippen LogP) is 3.52. The summed E-state index contributed by atoms with van der Waals surface area (Å²) in [6.07, 6.45) is 9.76. The monoisotopic (exact) mass is 287 g/mol. The molecular formula is C17H25N3O. The van der Waals surface area contributed by atoms with Gasteiger partial charge in [0.1, 0.15) is 0 Å². The van der Waals surface area contributed by atoms with Gasteiger partial charge in [-0.05, 0) is 68.1 Å². The molecule has 21 heavy (non-hydrogen) atoms. The summed E-state index contributed by atoms with van der Waals surface area (Å²) in [4.78, 5) is 12.4. The van der Waals surface area contributed by atoms with E-state index in [-0.39, 0.29) is 5.91 Å². The van der Waals surface area contributed by atoms with E-state index in [2.05, 4.69) is 22.4 Å². The van der Waals surface area contributed by atoms with Gasteiger partial charge in [0.2, 0.25) is 5.91 Å². The van der Waals surface area contributed by atoms with E-state index in [9.17, 15) is 4.79 Å². The minimum Gasteiger partial charge on any atom is -0.309 e. The molecule has 0 atom stereocenters. The van der Waals surface area contributed by atoms with Crippen molar-refractivity contribution in [2.75, 3.05) is 5.32 Å². The zero-order chi connectivity index (χ0) is 14.4. The largest absolute Gasteiger partial charge is 0.309 e. The molecule has 0 radical (unpaired) electrons. The maximum atomic E-state index is 12.4. The second-order valence-electron chi connectivity index (χ2n) is 7.77. The zero-order valence-electron chi connectivity index (χ0n) is 12.8. The number of amides is 1. The maximum Gasteiger partial charge on any atom is 0.226 e. The maximum absolute atomic E-state index is 12.4. The lowest BCUT2D eigenvalue weighted by atomic mass is 9.49. The van der Waals surface area contributed by atoms with Crippen LogP contribution in [0, 0.1) is 23.2 Å². The van der Waals surface area contributed by atoms with Crippen LogP contribution >= 0.6 is 0 Å². The summed E-state index contributed by atoms with van der Waals surface area (Å²) in [5.74, 6) is 3.55. The summed E-state index contributed by atoms with van der Waals surface area (Å²) in [5.41, 5.74) is 1.38. The first-order valence-electron chi connectivity index (χ1n) is 8.48. The fourth-order valence-corrected chi connectivity index (χ4v) is 5.64. The lowest BCUT2D eigenvalue weighted by Crippen LogP contribution is -2.47. The SMILES string of the molecule is CCc1cc(NC(=O)CC23CC4CC(CC(C4)C2)C3)n[nH]1. The highest BCUT2D eigenvalue weighted by atomic mass is 16.1. The standard InChI is InChI=1S/C17H25N3O/c1-2-14-6-15(20-19-14)18-16(21)10-17-7-11-3-12(8-17)5-13(4-11)9-17/h6,11-13H,2-5,7-10H2,1H3,(H2,18,19,20,21). The number of rotatable bonds is 4. The van der Waals surface area contributed by atoms with Crippen molar-refractivity contribution in [3.8, 4) is 0 Å². The molecule has 2 N–H and O–H groups in total. The number of hydrogen-bond donors (Lipinski definition) is 2. The Bertz CT molecular complexity index is 513. The first kappa shape index (κ1) is 13.4. The Hall–Kier alpha value is -1.32. The van der Waals surface area contributed by atoms with E-state index in [1.54, 1.807) is 0 Å². The van der Waals surface area contributed by atoms with Crippen LogP contribution in [0.15, 0.2) is 6.07 Å². The van der Waals surface area contributed by atoms with Crippen LogP contribution in [-0.4, -0.2) is 16.1 Å². The van der Waals surface area contributed by atoms with Crippen LogP contribution in [0.1, 0.15) is 57.6 Å². The van der Waals surface area contributed by atoms with Crippen molar-refractivity contribution in [3.05, 3.63) is 11.8 Å². The number of nitrogens with one attached hydrogen (secondary N) is 2. The van der Waals surface area contributed by atoms with Gasteiger partial charge in [0.05, 0.1) is 0 Å². The molecule has 0 aromatic carbocycles. The number of H-pyrrole nitrogens is 1. The number of hydrogen-bond acceptors (Lipinski definition) is 2.